The summed E-state index contributed by atoms with van der Waals surface area (Å²) in [6.07, 6.45) is 1.72. The van der Waals surface area contributed by atoms with Crippen molar-refractivity contribution in [1.82, 2.24) is 0 Å². The molecule has 0 bridgehead atoms. The summed E-state index contributed by atoms with van der Waals surface area (Å²) in [4.78, 5) is 13.9. The fourth-order valence-corrected chi connectivity index (χ4v) is 4.27. The van der Waals surface area contributed by atoms with Crippen LogP contribution in [-0.4, -0.2) is 10.9 Å². The van der Waals surface area contributed by atoms with Crippen LogP contribution < -0.4 is 0 Å². The first kappa shape index (κ1) is 13.9. The number of thioether (sulfide) groups is 1. The molecule has 0 spiro atoms. The summed E-state index contributed by atoms with van der Waals surface area (Å²) >= 11 is 8.10. The molecule has 0 fully saturated rings. The maximum Gasteiger partial charge on any atom is 0.200 e. The van der Waals surface area contributed by atoms with Gasteiger partial charge < -0.3 is 5.11 Å². The van der Waals surface area contributed by atoms with Crippen LogP contribution in [0, 0.1) is 0 Å². The van der Waals surface area contributed by atoms with Gasteiger partial charge in [0.2, 0.25) is 5.78 Å². The predicted octanol–water partition coefficient (Wildman–Crippen LogP) is 5.25. The van der Waals surface area contributed by atoms with Crippen LogP contribution in [0.4, 0.5) is 0 Å². The van der Waals surface area contributed by atoms with Crippen LogP contribution in [0.2, 0.25) is 0 Å². The lowest BCUT2D eigenvalue weighted by Gasteiger charge is -2.04. The molecule has 5 heteroatoms. The van der Waals surface area contributed by atoms with Crippen LogP contribution in [0.15, 0.2) is 55.1 Å². The SMILES string of the molecule is O=C1/C(=C/c2cc(Br)cc(Br)c2O)Sc2ccccc21. The van der Waals surface area contributed by atoms with E-state index in [1.807, 2.05) is 24.3 Å². The zero-order valence-corrected chi connectivity index (χ0v) is 14.0. The van der Waals surface area contributed by atoms with Gasteiger partial charge in [-0.05, 0) is 46.3 Å². The van der Waals surface area contributed by atoms with Gasteiger partial charge in [0.05, 0.1) is 9.38 Å². The summed E-state index contributed by atoms with van der Waals surface area (Å²) in [5, 5.41) is 10.1. The van der Waals surface area contributed by atoms with E-state index in [1.54, 1.807) is 18.2 Å². The molecule has 2 aromatic rings. The number of carbonyl (C=O) groups excluding carboxylic acids is 1. The van der Waals surface area contributed by atoms with Crippen LogP contribution in [-0.2, 0) is 0 Å². The standard InChI is InChI=1S/C15H8Br2O2S/c16-9-5-8(14(18)11(17)7-9)6-13-15(19)10-3-1-2-4-12(10)20-13/h1-7,18H/b13-6-. The van der Waals surface area contributed by atoms with Gasteiger partial charge in [0.15, 0.2) is 0 Å². The molecular weight excluding hydrogens is 404 g/mol. The molecule has 0 aliphatic carbocycles. The Hall–Kier alpha value is -1.04. The van der Waals surface area contributed by atoms with E-state index in [2.05, 4.69) is 31.9 Å². The Balaban J connectivity index is 2.06. The molecule has 2 nitrogen and oxygen atoms in total. The Morgan fingerprint density at radius 3 is 2.65 bits per heavy atom. The van der Waals surface area contributed by atoms with E-state index in [0.717, 1.165) is 14.9 Å². The third-order valence-corrected chi connectivity index (χ3v) is 5.08. The second-order valence-electron chi connectivity index (χ2n) is 4.26. The molecule has 0 saturated carbocycles. The Morgan fingerprint density at radius 2 is 1.90 bits per heavy atom. The number of benzene rings is 2. The van der Waals surface area contributed by atoms with E-state index in [-0.39, 0.29) is 11.5 Å². The highest BCUT2D eigenvalue weighted by atomic mass is 79.9. The van der Waals surface area contributed by atoms with Gasteiger partial charge in [-0.1, -0.05) is 39.8 Å². The lowest BCUT2D eigenvalue weighted by atomic mass is 10.1. The molecule has 0 atom stereocenters. The van der Waals surface area contributed by atoms with Crippen LogP contribution >= 0.6 is 43.6 Å². The maximum absolute atomic E-state index is 12.3. The number of aromatic hydroxyl groups is 1. The first-order valence-electron chi connectivity index (χ1n) is 5.77. The van der Waals surface area contributed by atoms with Crippen molar-refractivity contribution in [3.63, 3.8) is 0 Å². The van der Waals surface area contributed by atoms with E-state index >= 15 is 0 Å². The highest BCUT2D eigenvalue weighted by Gasteiger charge is 2.25. The zero-order chi connectivity index (χ0) is 14.3. The van der Waals surface area contributed by atoms with Gasteiger partial charge in [0.25, 0.3) is 0 Å². The molecule has 2 aromatic carbocycles. The Kier molecular flexibility index (Phi) is 3.75. The molecule has 0 radical (unpaired) electrons. The average Bonchev–Trinajstić information content (AvgIpc) is 2.73. The maximum atomic E-state index is 12.3. The number of hydrogen-bond donors (Lipinski definition) is 1. The highest BCUT2D eigenvalue weighted by molar-refractivity contribution is 9.11. The second kappa shape index (κ2) is 5.39. The number of Topliss-reactive ketones (excluding diaryl/α,β-unsaturated/α-hetero) is 1. The first-order chi connectivity index (χ1) is 9.56. The van der Waals surface area contributed by atoms with Crippen molar-refractivity contribution in [3.8, 4) is 5.75 Å². The Bertz CT molecular complexity index is 754. The number of fused-ring (bicyclic) bond motifs is 1. The van der Waals surface area contributed by atoms with Gasteiger partial charge in [-0.3, -0.25) is 4.79 Å². The molecule has 0 aromatic heterocycles. The molecule has 1 N–H and O–H groups in total. The largest absolute Gasteiger partial charge is 0.506 e. The fraction of sp³-hybridized carbons (Fsp3) is 0. The molecule has 0 unspecified atom stereocenters. The number of carbonyl (C=O) groups is 1. The van der Waals surface area contributed by atoms with Gasteiger partial charge in [-0.2, -0.15) is 0 Å². The lowest BCUT2D eigenvalue weighted by Crippen LogP contribution is -1.93. The van der Waals surface area contributed by atoms with Gasteiger partial charge in [-0.15, -0.1) is 0 Å². The number of ketones is 1. The number of hydrogen-bond acceptors (Lipinski definition) is 3. The quantitative estimate of drug-likeness (QED) is 0.651. The fourth-order valence-electron chi connectivity index (χ4n) is 1.97. The molecule has 20 heavy (non-hydrogen) atoms. The van der Waals surface area contributed by atoms with Crippen LogP contribution in [0.1, 0.15) is 15.9 Å². The zero-order valence-electron chi connectivity index (χ0n) is 10.1. The number of rotatable bonds is 1. The van der Waals surface area contributed by atoms with E-state index in [1.165, 1.54) is 11.8 Å². The molecular formula is C15H8Br2O2S. The van der Waals surface area contributed by atoms with Crippen molar-refractivity contribution in [2.24, 2.45) is 0 Å². The second-order valence-corrected chi connectivity index (χ2v) is 7.12. The Labute approximate surface area is 137 Å². The van der Waals surface area contributed by atoms with Crippen LogP contribution in [0.5, 0.6) is 5.75 Å². The first-order valence-corrected chi connectivity index (χ1v) is 8.18. The lowest BCUT2D eigenvalue weighted by molar-refractivity contribution is 0.104. The van der Waals surface area contributed by atoms with Crippen LogP contribution in [0.25, 0.3) is 6.08 Å². The average molecular weight is 412 g/mol. The van der Waals surface area contributed by atoms with E-state index in [9.17, 15) is 9.90 Å². The van der Waals surface area contributed by atoms with Crippen molar-refractivity contribution in [3.05, 3.63) is 61.4 Å². The van der Waals surface area contributed by atoms with Crippen molar-refractivity contribution in [2.75, 3.05) is 0 Å². The molecule has 0 amide bonds. The summed E-state index contributed by atoms with van der Waals surface area (Å²) in [5.74, 6) is 0.131. The topological polar surface area (TPSA) is 37.3 Å². The van der Waals surface area contributed by atoms with Gasteiger partial charge in [-0.25, -0.2) is 0 Å². The summed E-state index contributed by atoms with van der Waals surface area (Å²) in [7, 11) is 0. The minimum atomic E-state index is 0.00102. The van der Waals surface area contributed by atoms with Crippen molar-refractivity contribution >= 4 is 55.5 Å². The normalized spacial score (nSPS) is 15.7. The number of halogens is 2. The van der Waals surface area contributed by atoms with Crippen molar-refractivity contribution in [1.29, 1.82) is 0 Å². The summed E-state index contributed by atoms with van der Waals surface area (Å²) in [5.41, 5.74) is 1.33. The number of allylic oxidation sites excluding steroid dienone is 1. The summed E-state index contributed by atoms with van der Waals surface area (Å²) in [6.45, 7) is 0. The minimum absolute atomic E-state index is 0.00102. The highest BCUT2D eigenvalue weighted by Crippen LogP contribution is 2.42. The van der Waals surface area contributed by atoms with E-state index in [4.69, 9.17) is 0 Å². The van der Waals surface area contributed by atoms with Gasteiger partial charge in [0.1, 0.15) is 5.75 Å². The molecule has 3 rings (SSSR count). The van der Waals surface area contributed by atoms with Gasteiger partial charge in [0, 0.05) is 20.5 Å². The number of phenolic OH excluding ortho intramolecular Hbond substituents is 1. The molecule has 1 aliphatic heterocycles. The van der Waals surface area contributed by atoms with Crippen molar-refractivity contribution in [2.45, 2.75) is 4.90 Å². The molecule has 100 valence electrons. The van der Waals surface area contributed by atoms with Gasteiger partial charge >= 0.3 is 0 Å². The van der Waals surface area contributed by atoms with E-state index in [0.29, 0.717) is 14.9 Å². The summed E-state index contributed by atoms with van der Waals surface area (Å²) in [6, 6.07) is 11.1. The third kappa shape index (κ3) is 2.45. The summed E-state index contributed by atoms with van der Waals surface area (Å²) < 4.78 is 1.42. The predicted molar refractivity (Wildman–Crippen MR) is 88.1 cm³/mol. The number of phenols is 1. The molecule has 1 heterocycles. The smallest absolute Gasteiger partial charge is 0.200 e. The monoisotopic (exact) mass is 410 g/mol. The molecule has 1 aliphatic rings. The molecule has 0 saturated heterocycles. The minimum Gasteiger partial charge on any atom is -0.506 e. The Morgan fingerprint density at radius 1 is 1.15 bits per heavy atom. The van der Waals surface area contributed by atoms with E-state index < -0.39 is 0 Å². The van der Waals surface area contributed by atoms with Crippen molar-refractivity contribution < 1.29 is 9.90 Å². The third-order valence-electron chi connectivity index (χ3n) is 2.92. The van der Waals surface area contributed by atoms with Crippen LogP contribution in [0.3, 0.4) is 0 Å².